The Bertz CT molecular complexity index is 574. The van der Waals surface area contributed by atoms with E-state index in [9.17, 15) is 0 Å². The fourth-order valence-corrected chi connectivity index (χ4v) is 3.02. The minimum Gasteiger partial charge on any atom is -0.381 e. The van der Waals surface area contributed by atoms with Crippen molar-refractivity contribution in [3.63, 3.8) is 0 Å². The summed E-state index contributed by atoms with van der Waals surface area (Å²) in [4.78, 5) is 4.72. The SMILES string of the molecule is Cn1c(CC(NN)C2CCCOC2)nc2ccccc21. The van der Waals surface area contributed by atoms with E-state index in [4.69, 9.17) is 15.6 Å². The van der Waals surface area contributed by atoms with Gasteiger partial charge in [0.2, 0.25) is 0 Å². The number of nitrogens with one attached hydrogen (secondary N) is 1. The Balaban J connectivity index is 1.81. The van der Waals surface area contributed by atoms with Gasteiger partial charge in [0.1, 0.15) is 5.82 Å². The number of aryl methyl sites for hydroxylation is 1. The highest BCUT2D eigenvalue weighted by atomic mass is 16.5. The molecule has 1 saturated heterocycles. The second-order valence-corrected chi connectivity index (χ2v) is 5.53. The van der Waals surface area contributed by atoms with Gasteiger partial charge in [0.15, 0.2) is 0 Å². The molecule has 0 radical (unpaired) electrons. The van der Waals surface area contributed by atoms with Crippen LogP contribution in [0.5, 0.6) is 0 Å². The fraction of sp³-hybridized carbons (Fsp3) is 0.533. The van der Waals surface area contributed by atoms with Crippen LogP contribution in [0, 0.1) is 5.92 Å². The van der Waals surface area contributed by atoms with E-state index in [2.05, 4.69) is 23.1 Å². The van der Waals surface area contributed by atoms with Crippen LogP contribution in [-0.2, 0) is 18.2 Å². The maximum atomic E-state index is 5.75. The molecule has 1 fully saturated rings. The first-order valence-corrected chi connectivity index (χ1v) is 7.24. The monoisotopic (exact) mass is 274 g/mol. The first-order chi connectivity index (χ1) is 9.79. The molecular formula is C15H22N4O. The van der Waals surface area contributed by atoms with Crippen molar-refractivity contribution in [1.82, 2.24) is 15.0 Å². The van der Waals surface area contributed by atoms with Gasteiger partial charge in [-0.05, 0) is 30.9 Å². The summed E-state index contributed by atoms with van der Waals surface area (Å²) in [6.45, 7) is 1.67. The molecular weight excluding hydrogens is 252 g/mol. The highest BCUT2D eigenvalue weighted by molar-refractivity contribution is 5.75. The standard InChI is InChI=1S/C15H22N4O/c1-19-14-7-3-2-6-12(14)17-15(19)9-13(18-16)11-5-4-8-20-10-11/h2-3,6-7,11,13,18H,4-5,8-10,16H2,1H3. The molecule has 1 aromatic carbocycles. The van der Waals surface area contributed by atoms with Gasteiger partial charge < -0.3 is 9.30 Å². The molecule has 0 spiro atoms. The summed E-state index contributed by atoms with van der Waals surface area (Å²) in [6, 6.07) is 8.42. The van der Waals surface area contributed by atoms with E-state index in [1.807, 2.05) is 18.2 Å². The van der Waals surface area contributed by atoms with Gasteiger partial charge in [-0.3, -0.25) is 11.3 Å². The lowest BCUT2D eigenvalue weighted by Crippen LogP contribution is -2.45. The number of fused-ring (bicyclic) bond motifs is 1. The normalized spacial score (nSPS) is 21.2. The third kappa shape index (κ3) is 2.57. The molecule has 0 aliphatic carbocycles. The van der Waals surface area contributed by atoms with E-state index >= 15 is 0 Å². The smallest absolute Gasteiger partial charge is 0.111 e. The number of aromatic nitrogens is 2. The van der Waals surface area contributed by atoms with Crippen molar-refractivity contribution in [1.29, 1.82) is 0 Å². The minimum absolute atomic E-state index is 0.214. The molecule has 2 atom stereocenters. The van der Waals surface area contributed by atoms with Crippen molar-refractivity contribution >= 4 is 11.0 Å². The molecule has 1 aromatic heterocycles. The highest BCUT2D eigenvalue weighted by Crippen LogP contribution is 2.21. The Labute approximate surface area is 119 Å². The number of ether oxygens (including phenoxy) is 1. The maximum Gasteiger partial charge on any atom is 0.111 e. The number of nitrogens with zero attached hydrogens (tertiary/aromatic N) is 2. The summed E-state index contributed by atoms with van der Waals surface area (Å²) in [5.74, 6) is 7.29. The van der Waals surface area contributed by atoms with Crippen molar-refractivity contribution in [2.45, 2.75) is 25.3 Å². The molecule has 0 amide bonds. The summed E-state index contributed by atoms with van der Waals surface area (Å²) >= 11 is 0. The molecule has 108 valence electrons. The van der Waals surface area contributed by atoms with Gasteiger partial charge >= 0.3 is 0 Å². The van der Waals surface area contributed by atoms with Gasteiger partial charge in [0.05, 0.1) is 17.6 Å². The zero-order valence-corrected chi connectivity index (χ0v) is 11.9. The van der Waals surface area contributed by atoms with E-state index in [0.29, 0.717) is 5.92 Å². The van der Waals surface area contributed by atoms with Crippen LogP contribution in [0.2, 0.25) is 0 Å². The molecule has 1 aliphatic heterocycles. The topological polar surface area (TPSA) is 65.1 Å². The van der Waals surface area contributed by atoms with Crippen LogP contribution in [0.3, 0.4) is 0 Å². The molecule has 5 heteroatoms. The van der Waals surface area contributed by atoms with Gasteiger partial charge in [0, 0.05) is 26.1 Å². The van der Waals surface area contributed by atoms with Crippen molar-refractivity contribution in [2.24, 2.45) is 18.8 Å². The van der Waals surface area contributed by atoms with E-state index in [1.54, 1.807) is 0 Å². The summed E-state index contributed by atoms with van der Waals surface area (Å²) in [5.41, 5.74) is 5.17. The number of nitrogens with two attached hydrogens (primary N) is 1. The van der Waals surface area contributed by atoms with Crippen molar-refractivity contribution in [3.05, 3.63) is 30.1 Å². The average Bonchev–Trinajstić information content (AvgIpc) is 2.82. The largest absolute Gasteiger partial charge is 0.381 e. The second-order valence-electron chi connectivity index (χ2n) is 5.53. The summed E-state index contributed by atoms with van der Waals surface area (Å²) in [6.07, 6.45) is 3.11. The number of imidazole rings is 1. The molecule has 20 heavy (non-hydrogen) atoms. The molecule has 2 unspecified atom stereocenters. The minimum atomic E-state index is 0.214. The molecule has 5 nitrogen and oxygen atoms in total. The van der Waals surface area contributed by atoms with Crippen molar-refractivity contribution in [2.75, 3.05) is 13.2 Å². The number of rotatable bonds is 4. The Morgan fingerprint density at radius 2 is 2.35 bits per heavy atom. The molecule has 1 aliphatic rings. The summed E-state index contributed by atoms with van der Waals surface area (Å²) in [7, 11) is 2.07. The Kier molecular flexibility index (Phi) is 4.00. The van der Waals surface area contributed by atoms with Crippen LogP contribution < -0.4 is 11.3 Å². The van der Waals surface area contributed by atoms with Crippen LogP contribution in [0.25, 0.3) is 11.0 Å². The van der Waals surface area contributed by atoms with Gasteiger partial charge in [-0.25, -0.2) is 4.98 Å². The summed E-state index contributed by atoms with van der Waals surface area (Å²) < 4.78 is 7.73. The number of benzene rings is 1. The van der Waals surface area contributed by atoms with Crippen LogP contribution in [0.15, 0.2) is 24.3 Å². The van der Waals surface area contributed by atoms with Gasteiger partial charge in [0.25, 0.3) is 0 Å². The van der Waals surface area contributed by atoms with E-state index in [0.717, 1.165) is 42.9 Å². The Morgan fingerprint density at radius 3 is 3.05 bits per heavy atom. The van der Waals surface area contributed by atoms with Gasteiger partial charge in [-0.1, -0.05) is 12.1 Å². The van der Waals surface area contributed by atoms with Gasteiger partial charge in [-0.15, -0.1) is 0 Å². The van der Waals surface area contributed by atoms with Crippen LogP contribution in [-0.4, -0.2) is 28.8 Å². The van der Waals surface area contributed by atoms with Gasteiger partial charge in [-0.2, -0.15) is 0 Å². The van der Waals surface area contributed by atoms with Crippen molar-refractivity contribution < 1.29 is 4.74 Å². The molecule has 3 N–H and O–H groups in total. The molecule has 2 aromatic rings. The fourth-order valence-electron chi connectivity index (χ4n) is 3.02. The lowest BCUT2D eigenvalue weighted by Gasteiger charge is -2.29. The van der Waals surface area contributed by atoms with Crippen LogP contribution in [0.1, 0.15) is 18.7 Å². The number of hydrogen-bond donors (Lipinski definition) is 2. The zero-order chi connectivity index (χ0) is 13.9. The first-order valence-electron chi connectivity index (χ1n) is 7.24. The molecule has 0 bridgehead atoms. The average molecular weight is 274 g/mol. The van der Waals surface area contributed by atoms with Crippen LogP contribution in [0.4, 0.5) is 0 Å². The zero-order valence-electron chi connectivity index (χ0n) is 11.9. The lowest BCUT2D eigenvalue weighted by atomic mass is 9.92. The van der Waals surface area contributed by atoms with E-state index in [-0.39, 0.29) is 6.04 Å². The summed E-state index contributed by atoms with van der Waals surface area (Å²) in [5, 5.41) is 0. The van der Waals surface area contributed by atoms with Crippen LogP contribution >= 0.6 is 0 Å². The van der Waals surface area contributed by atoms with E-state index < -0.39 is 0 Å². The Morgan fingerprint density at radius 1 is 1.50 bits per heavy atom. The molecule has 2 heterocycles. The second kappa shape index (κ2) is 5.91. The lowest BCUT2D eigenvalue weighted by molar-refractivity contribution is 0.0389. The maximum absolute atomic E-state index is 5.75. The first kappa shape index (κ1) is 13.5. The third-order valence-electron chi connectivity index (χ3n) is 4.26. The predicted octanol–water partition coefficient (Wildman–Crippen LogP) is 1.37. The quantitative estimate of drug-likeness (QED) is 0.653. The molecule has 3 rings (SSSR count). The number of para-hydroxylation sites is 2. The predicted molar refractivity (Wildman–Crippen MR) is 79.1 cm³/mol. The highest BCUT2D eigenvalue weighted by Gasteiger charge is 2.25. The number of hydrazine groups is 1. The number of hydrogen-bond acceptors (Lipinski definition) is 4. The van der Waals surface area contributed by atoms with E-state index in [1.165, 1.54) is 6.42 Å². The molecule has 0 saturated carbocycles. The Hall–Kier alpha value is -1.43. The van der Waals surface area contributed by atoms with Crippen molar-refractivity contribution in [3.8, 4) is 0 Å². The third-order valence-corrected chi connectivity index (χ3v) is 4.26.